The van der Waals surface area contributed by atoms with Gasteiger partial charge in [0.25, 0.3) is 0 Å². The summed E-state index contributed by atoms with van der Waals surface area (Å²) in [4.78, 5) is 4.75. The minimum Gasteiger partial charge on any atom is -0.261 e. The fourth-order valence-corrected chi connectivity index (χ4v) is 2.96. The third-order valence-electron chi connectivity index (χ3n) is 6.02. The average Bonchev–Trinajstić information content (AvgIpc) is 2.90. The van der Waals surface area contributed by atoms with Gasteiger partial charge in [-0.3, -0.25) is 5.43 Å². The smallest absolute Gasteiger partial charge is 0.154 e. The lowest BCUT2D eigenvalue weighted by Crippen LogP contribution is -2.22. The van der Waals surface area contributed by atoms with Crippen LogP contribution in [0.3, 0.4) is 0 Å². The maximum absolute atomic E-state index is 4.75. The molecule has 2 aromatic carbocycles. The Balaban J connectivity index is 0.000000525. The number of amidine groups is 1. The summed E-state index contributed by atoms with van der Waals surface area (Å²) >= 11 is 0. The summed E-state index contributed by atoms with van der Waals surface area (Å²) in [6.45, 7) is 24.4. The van der Waals surface area contributed by atoms with Crippen LogP contribution in [0.5, 0.6) is 0 Å². The van der Waals surface area contributed by atoms with Gasteiger partial charge in [-0.25, -0.2) is 4.99 Å². The Kier molecular flexibility index (Phi) is 13.6. The summed E-state index contributed by atoms with van der Waals surface area (Å²) in [7, 11) is 0. The van der Waals surface area contributed by atoms with Crippen molar-refractivity contribution in [1.29, 1.82) is 0 Å². The lowest BCUT2D eigenvalue weighted by Gasteiger charge is -2.19. The zero-order valence-electron chi connectivity index (χ0n) is 24.0. The highest BCUT2D eigenvalue weighted by Gasteiger charge is 2.14. The molecular formula is C34H45N3. The molecule has 2 aromatic rings. The van der Waals surface area contributed by atoms with E-state index in [0.29, 0.717) is 0 Å². The molecule has 0 aliphatic carbocycles. The number of hydrogen-bond acceptors (Lipinski definition) is 2. The van der Waals surface area contributed by atoms with E-state index in [9.17, 15) is 0 Å². The Labute approximate surface area is 225 Å². The Morgan fingerprint density at radius 3 is 2.03 bits per heavy atom. The number of rotatable bonds is 8. The third-order valence-corrected chi connectivity index (χ3v) is 6.02. The summed E-state index contributed by atoms with van der Waals surface area (Å²) in [6, 6.07) is 18.4. The van der Waals surface area contributed by atoms with Gasteiger partial charge in [-0.2, -0.15) is 5.10 Å². The van der Waals surface area contributed by atoms with Crippen LogP contribution < -0.4 is 5.43 Å². The summed E-state index contributed by atoms with van der Waals surface area (Å²) in [6.07, 6.45) is 11.8. The fraction of sp³-hybridized carbons (Fsp3) is 0.294. The van der Waals surface area contributed by atoms with Crippen molar-refractivity contribution in [3.05, 3.63) is 126 Å². The molecule has 1 N–H and O–H groups in total. The lowest BCUT2D eigenvalue weighted by atomic mass is 9.86. The van der Waals surface area contributed by atoms with Gasteiger partial charge in [-0.15, -0.1) is 6.58 Å². The molecule has 0 fully saturated rings. The number of allylic oxidation sites excluding steroid dienone is 8. The van der Waals surface area contributed by atoms with Crippen molar-refractivity contribution in [1.82, 2.24) is 5.43 Å². The highest BCUT2D eigenvalue weighted by atomic mass is 15.3. The van der Waals surface area contributed by atoms with Crippen LogP contribution in [0.15, 0.2) is 125 Å². The lowest BCUT2D eigenvalue weighted by molar-refractivity contribution is 0.590. The molecule has 37 heavy (non-hydrogen) atoms. The van der Waals surface area contributed by atoms with E-state index in [1.54, 1.807) is 6.08 Å². The summed E-state index contributed by atoms with van der Waals surface area (Å²) in [5, 5.41) is 4.50. The van der Waals surface area contributed by atoms with Gasteiger partial charge in [0.15, 0.2) is 5.84 Å². The molecule has 0 saturated carbocycles. The predicted molar refractivity (Wildman–Crippen MR) is 166 cm³/mol. The van der Waals surface area contributed by atoms with Crippen molar-refractivity contribution in [2.45, 2.75) is 60.8 Å². The van der Waals surface area contributed by atoms with E-state index in [0.717, 1.165) is 22.8 Å². The Morgan fingerprint density at radius 1 is 0.892 bits per heavy atom. The minimum atomic E-state index is 0.122. The van der Waals surface area contributed by atoms with Crippen LogP contribution >= 0.6 is 0 Å². The Hall–Kier alpha value is -3.72. The number of nitrogens with one attached hydrogen (secondary N) is 1. The number of aliphatic imine (C=N–C) groups is 1. The van der Waals surface area contributed by atoms with Crippen LogP contribution in [-0.4, -0.2) is 11.5 Å². The Bertz CT molecular complexity index is 1140. The zero-order valence-corrected chi connectivity index (χ0v) is 24.0. The SMILES string of the molecule is C=CC(C)/C(C)=N/NC(=Nc1ccccc1)c1ccc(C(C)(C)C)cc1.C=C\C=C/C=C(C)/C(C)=C/C. The molecule has 3 nitrogen and oxygen atoms in total. The minimum absolute atomic E-state index is 0.122. The molecule has 196 valence electrons. The van der Waals surface area contributed by atoms with Gasteiger partial charge in [0.2, 0.25) is 0 Å². The van der Waals surface area contributed by atoms with E-state index in [1.165, 1.54) is 16.7 Å². The van der Waals surface area contributed by atoms with Crippen LogP contribution in [-0.2, 0) is 5.41 Å². The first-order valence-corrected chi connectivity index (χ1v) is 12.8. The summed E-state index contributed by atoms with van der Waals surface area (Å²) in [5.41, 5.74) is 10.0. The van der Waals surface area contributed by atoms with Crippen molar-refractivity contribution in [2.24, 2.45) is 16.0 Å². The first-order chi connectivity index (χ1) is 17.5. The van der Waals surface area contributed by atoms with Crippen molar-refractivity contribution >= 4 is 17.2 Å². The van der Waals surface area contributed by atoms with E-state index in [-0.39, 0.29) is 11.3 Å². The standard InChI is InChI=1S/C23H29N3.C11H16/c1-7-17(2)18(3)25-26-22(24-21-11-9-8-10-12-21)19-13-15-20(16-14-19)23(4,5)6;1-5-7-8-9-11(4)10(3)6-2/h7-17H,1H2,2-6H3,(H,24,26);5-9H,1H2,2-4H3/b25-18+;8-7-,10-6+,11-9+. The monoisotopic (exact) mass is 495 g/mol. The van der Waals surface area contributed by atoms with E-state index < -0.39 is 0 Å². The van der Waals surface area contributed by atoms with E-state index in [4.69, 9.17) is 4.99 Å². The molecule has 3 heteroatoms. The quantitative estimate of drug-likeness (QED) is 0.128. The summed E-state index contributed by atoms with van der Waals surface area (Å²) < 4.78 is 0. The van der Waals surface area contributed by atoms with Crippen LogP contribution in [0.4, 0.5) is 5.69 Å². The molecule has 0 aromatic heterocycles. The van der Waals surface area contributed by atoms with Gasteiger partial charge < -0.3 is 0 Å². The largest absolute Gasteiger partial charge is 0.261 e. The summed E-state index contributed by atoms with van der Waals surface area (Å²) in [5.74, 6) is 0.941. The normalized spacial score (nSPS) is 14.1. The van der Waals surface area contributed by atoms with Gasteiger partial charge in [-0.1, -0.05) is 119 Å². The Morgan fingerprint density at radius 2 is 1.51 bits per heavy atom. The zero-order chi connectivity index (χ0) is 27.8. The number of hydrazone groups is 1. The average molecular weight is 496 g/mol. The molecule has 0 spiro atoms. The second-order valence-electron chi connectivity index (χ2n) is 9.95. The van der Waals surface area contributed by atoms with Crippen LogP contribution in [0.25, 0.3) is 0 Å². The molecule has 0 amide bonds. The third kappa shape index (κ3) is 11.7. The fourth-order valence-electron chi connectivity index (χ4n) is 2.96. The van der Waals surface area contributed by atoms with Crippen molar-refractivity contribution in [2.75, 3.05) is 0 Å². The van der Waals surface area contributed by atoms with Crippen LogP contribution in [0, 0.1) is 5.92 Å². The second kappa shape index (κ2) is 16.1. The number of hydrogen-bond donors (Lipinski definition) is 1. The molecule has 2 rings (SSSR count). The van der Waals surface area contributed by atoms with E-state index in [1.807, 2.05) is 62.4 Å². The molecule has 0 aliphatic heterocycles. The van der Waals surface area contributed by atoms with E-state index >= 15 is 0 Å². The molecule has 0 saturated heterocycles. The molecule has 1 atom stereocenters. The highest BCUT2D eigenvalue weighted by Crippen LogP contribution is 2.22. The molecule has 0 aliphatic rings. The molecular weight excluding hydrogens is 450 g/mol. The highest BCUT2D eigenvalue weighted by molar-refractivity contribution is 6.01. The van der Waals surface area contributed by atoms with Gasteiger partial charge in [0.05, 0.1) is 5.69 Å². The maximum atomic E-state index is 4.75. The number of para-hydroxylation sites is 1. The van der Waals surface area contributed by atoms with Gasteiger partial charge >= 0.3 is 0 Å². The second-order valence-corrected chi connectivity index (χ2v) is 9.95. The van der Waals surface area contributed by atoms with E-state index in [2.05, 4.69) is 102 Å². The molecule has 1 unspecified atom stereocenters. The van der Waals surface area contributed by atoms with Crippen LogP contribution in [0.1, 0.15) is 66.5 Å². The van der Waals surface area contributed by atoms with Crippen molar-refractivity contribution in [3.63, 3.8) is 0 Å². The molecule has 0 radical (unpaired) electrons. The van der Waals surface area contributed by atoms with Gasteiger partial charge in [0, 0.05) is 17.2 Å². The number of benzene rings is 2. The number of nitrogens with zero attached hydrogens (tertiary/aromatic N) is 2. The topological polar surface area (TPSA) is 36.8 Å². The predicted octanol–water partition coefficient (Wildman–Crippen LogP) is 9.49. The van der Waals surface area contributed by atoms with Crippen molar-refractivity contribution < 1.29 is 0 Å². The van der Waals surface area contributed by atoms with Gasteiger partial charge in [0.1, 0.15) is 0 Å². The van der Waals surface area contributed by atoms with Crippen LogP contribution in [0.2, 0.25) is 0 Å². The first kappa shape index (κ1) is 31.3. The first-order valence-electron chi connectivity index (χ1n) is 12.8. The van der Waals surface area contributed by atoms with Crippen molar-refractivity contribution in [3.8, 4) is 0 Å². The molecule has 0 bridgehead atoms. The maximum Gasteiger partial charge on any atom is 0.154 e. The molecule has 0 heterocycles. The van der Waals surface area contributed by atoms with Gasteiger partial charge in [-0.05, 0) is 56.4 Å².